The maximum Gasteiger partial charge on any atom is 0.319 e. The zero-order valence-corrected chi connectivity index (χ0v) is 14.9. The van der Waals surface area contributed by atoms with Crippen molar-refractivity contribution in [2.75, 3.05) is 5.32 Å². The average molecular weight is 391 g/mol. The molecule has 3 aromatic rings. The van der Waals surface area contributed by atoms with Crippen molar-refractivity contribution in [2.45, 2.75) is 12.5 Å². The van der Waals surface area contributed by atoms with E-state index in [1.54, 1.807) is 12.3 Å². The number of aromatic nitrogens is 1. The van der Waals surface area contributed by atoms with Gasteiger partial charge in [-0.3, -0.25) is 0 Å². The van der Waals surface area contributed by atoms with Gasteiger partial charge in [0.15, 0.2) is 0 Å². The van der Waals surface area contributed by atoms with Crippen LogP contribution < -0.4 is 15.7 Å². The van der Waals surface area contributed by atoms with Crippen LogP contribution in [0, 0.1) is 0 Å². The summed E-state index contributed by atoms with van der Waals surface area (Å²) in [5, 5.41) is 17.9. The summed E-state index contributed by atoms with van der Waals surface area (Å²) in [5.74, 6) is -1.38. The van der Waals surface area contributed by atoms with E-state index in [9.17, 15) is 14.7 Å². The molecular formula is C18H14Cl2N3O3-. The Bertz CT molecular complexity index is 971. The van der Waals surface area contributed by atoms with Crippen LogP contribution in [0.4, 0.5) is 10.5 Å². The molecule has 3 rings (SSSR count). The molecule has 2 aromatic carbocycles. The van der Waals surface area contributed by atoms with Gasteiger partial charge in [-0.05, 0) is 29.8 Å². The second-order valence-corrected chi connectivity index (χ2v) is 6.50. The fraction of sp³-hybridized carbons (Fsp3) is 0.111. The lowest BCUT2D eigenvalue weighted by molar-refractivity contribution is -0.308. The van der Waals surface area contributed by atoms with Gasteiger partial charge < -0.3 is 25.5 Å². The topological polar surface area (TPSA) is 97.1 Å². The highest BCUT2D eigenvalue weighted by molar-refractivity contribution is 6.36. The lowest BCUT2D eigenvalue weighted by Crippen LogP contribution is -2.50. The number of amides is 2. The molecule has 0 radical (unpaired) electrons. The quantitative estimate of drug-likeness (QED) is 0.624. The van der Waals surface area contributed by atoms with Crippen molar-refractivity contribution in [3.05, 3.63) is 64.3 Å². The monoisotopic (exact) mass is 390 g/mol. The van der Waals surface area contributed by atoms with E-state index < -0.39 is 18.0 Å². The summed E-state index contributed by atoms with van der Waals surface area (Å²) < 4.78 is 0. The van der Waals surface area contributed by atoms with Crippen LogP contribution in [0.5, 0.6) is 0 Å². The van der Waals surface area contributed by atoms with Gasteiger partial charge in [-0.25, -0.2) is 4.79 Å². The van der Waals surface area contributed by atoms with Gasteiger partial charge in [0.1, 0.15) is 0 Å². The van der Waals surface area contributed by atoms with Gasteiger partial charge in [0.05, 0.1) is 22.7 Å². The van der Waals surface area contributed by atoms with Gasteiger partial charge in [-0.2, -0.15) is 0 Å². The summed E-state index contributed by atoms with van der Waals surface area (Å²) in [6, 6.07) is 10.1. The predicted octanol–water partition coefficient (Wildman–Crippen LogP) is 2.96. The molecule has 0 saturated heterocycles. The van der Waals surface area contributed by atoms with Crippen molar-refractivity contribution in [1.29, 1.82) is 0 Å². The number of carbonyl (C=O) groups is 2. The minimum atomic E-state index is -1.38. The number of hydrogen-bond donors (Lipinski definition) is 3. The first-order valence-electron chi connectivity index (χ1n) is 7.72. The summed E-state index contributed by atoms with van der Waals surface area (Å²) in [5.41, 5.74) is 1.97. The fourth-order valence-corrected chi connectivity index (χ4v) is 3.08. The minimum absolute atomic E-state index is 0.0775. The molecule has 0 aliphatic carbocycles. The van der Waals surface area contributed by atoms with Crippen LogP contribution >= 0.6 is 23.2 Å². The van der Waals surface area contributed by atoms with E-state index in [0.29, 0.717) is 10.7 Å². The zero-order valence-electron chi connectivity index (χ0n) is 13.4. The molecule has 26 heavy (non-hydrogen) atoms. The van der Waals surface area contributed by atoms with Crippen molar-refractivity contribution in [2.24, 2.45) is 0 Å². The van der Waals surface area contributed by atoms with E-state index >= 15 is 0 Å². The molecule has 134 valence electrons. The van der Waals surface area contributed by atoms with Crippen LogP contribution in [-0.2, 0) is 11.2 Å². The molecule has 0 saturated carbocycles. The second kappa shape index (κ2) is 7.68. The summed E-state index contributed by atoms with van der Waals surface area (Å²) in [7, 11) is 0. The van der Waals surface area contributed by atoms with Gasteiger partial charge in [0.2, 0.25) is 0 Å². The number of benzene rings is 2. The number of carbonyl (C=O) groups excluding carboxylic acids is 2. The Balaban J connectivity index is 1.72. The Morgan fingerprint density at radius 3 is 2.65 bits per heavy atom. The number of nitrogens with one attached hydrogen (secondary N) is 3. The number of rotatable bonds is 5. The number of aromatic amines is 1. The van der Waals surface area contributed by atoms with Crippen LogP contribution in [-0.4, -0.2) is 23.0 Å². The van der Waals surface area contributed by atoms with Crippen LogP contribution in [0.2, 0.25) is 10.0 Å². The number of aliphatic carboxylic acids is 1. The zero-order chi connectivity index (χ0) is 18.7. The number of urea groups is 1. The largest absolute Gasteiger partial charge is 0.548 e. The number of halogens is 2. The van der Waals surface area contributed by atoms with Crippen molar-refractivity contribution in [3.8, 4) is 0 Å². The standard InChI is InChI=1S/C18H15Cl2N3O3/c19-11-5-6-15(13(20)8-11)22-18(26)23-16(17(24)25)7-10-9-21-14-4-2-1-3-12(10)14/h1-6,8-9,16,21H,7H2,(H,24,25)(H2,22,23,26)/p-1/t16-/m1/s1. The van der Waals surface area contributed by atoms with Gasteiger partial charge in [-0.1, -0.05) is 41.4 Å². The number of H-pyrrole nitrogens is 1. The highest BCUT2D eigenvalue weighted by atomic mass is 35.5. The molecule has 1 aromatic heterocycles. The summed E-state index contributed by atoms with van der Waals surface area (Å²) in [6.07, 6.45) is 1.80. The summed E-state index contributed by atoms with van der Waals surface area (Å²) in [6.45, 7) is 0. The molecule has 0 unspecified atom stereocenters. The van der Waals surface area contributed by atoms with Gasteiger partial charge in [0, 0.05) is 28.5 Å². The number of carboxylic acid groups (broad SMARTS) is 1. The lowest BCUT2D eigenvalue weighted by atomic mass is 10.1. The first-order valence-corrected chi connectivity index (χ1v) is 8.48. The normalized spacial score (nSPS) is 11.9. The first-order chi connectivity index (χ1) is 12.4. The van der Waals surface area contributed by atoms with Crippen LogP contribution in [0.1, 0.15) is 5.56 Å². The molecule has 1 heterocycles. The van der Waals surface area contributed by atoms with E-state index in [0.717, 1.165) is 16.5 Å². The summed E-state index contributed by atoms with van der Waals surface area (Å²) in [4.78, 5) is 26.7. The maximum absolute atomic E-state index is 12.1. The SMILES string of the molecule is O=C(Nc1ccc(Cl)cc1Cl)N[C@H](Cc1c[nH]c2ccccc12)C(=O)[O-]. The molecule has 0 aliphatic heterocycles. The molecule has 0 fully saturated rings. The Morgan fingerprint density at radius 2 is 1.92 bits per heavy atom. The van der Waals surface area contributed by atoms with E-state index in [-0.39, 0.29) is 11.4 Å². The first kappa shape index (κ1) is 18.1. The van der Waals surface area contributed by atoms with Crippen LogP contribution in [0.3, 0.4) is 0 Å². The Hall–Kier alpha value is -2.70. The minimum Gasteiger partial charge on any atom is -0.548 e. The van der Waals surface area contributed by atoms with Crippen LogP contribution in [0.15, 0.2) is 48.7 Å². The molecule has 1 atom stereocenters. The van der Waals surface area contributed by atoms with E-state index in [4.69, 9.17) is 23.2 Å². The number of anilines is 1. The summed E-state index contributed by atoms with van der Waals surface area (Å²) >= 11 is 11.8. The smallest absolute Gasteiger partial charge is 0.319 e. The molecule has 0 bridgehead atoms. The van der Waals surface area contributed by atoms with Gasteiger partial charge in [0.25, 0.3) is 0 Å². The third kappa shape index (κ3) is 4.09. The molecule has 3 N–H and O–H groups in total. The third-order valence-corrected chi connectivity index (χ3v) is 4.42. The second-order valence-electron chi connectivity index (χ2n) is 5.66. The van der Waals surface area contributed by atoms with Gasteiger partial charge in [-0.15, -0.1) is 0 Å². The molecule has 0 spiro atoms. The highest BCUT2D eigenvalue weighted by Crippen LogP contribution is 2.25. The van der Waals surface area contributed by atoms with Crippen LogP contribution in [0.25, 0.3) is 10.9 Å². The van der Waals surface area contributed by atoms with E-state index in [2.05, 4.69) is 15.6 Å². The maximum atomic E-state index is 12.1. The number of hydrogen-bond acceptors (Lipinski definition) is 3. The highest BCUT2D eigenvalue weighted by Gasteiger charge is 2.17. The van der Waals surface area contributed by atoms with E-state index in [1.807, 2.05) is 24.3 Å². The number of carboxylic acids is 1. The fourth-order valence-electron chi connectivity index (χ4n) is 2.62. The van der Waals surface area contributed by atoms with E-state index in [1.165, 1.54) is 12.1 Å². The molecular weight excluding hydrogens is 377 g/mol. The van der Waals surface area contributed by atoms with Crippen molar-refractivity contribution in [3.63, 3.8) is 0 Å². The number of para-hydroxylation sites is 1. The molecule has 2 amide bonds. The Morgan fingerprint density at radius 1 is 1.15 bits per heavy atom. The van der Waals surface area contributed by atoms with Crippen molar-refractivity contribution >= 4 is 51.8 Å². The van der Waals surface area contributed by atoms with Crippen molar-refractivity contribution in [1.82, 2.24) is 10.3 Å². The Labute approximate surface area is 159 Å². The average Bonchev–Trinajstić information content (AvgIpc) is 3.00. The lowest BCUT2D eigenvalue weighted by Gasteiger charge is -2.20. The Kier molecular flexibility index (Phi) is 5.35. The molecule has 0 aliphatic rings. The van der Waals surface area contributed by atoms with Gasteiger partial charge >= 0.3 is 6.03 Å². The third-order valence-electron chi connectivity index (χ3n) is 3.87. The van der Waals surface area contributed by atoms with Crippen molar-refractivity contribution < 1.29 is 14.7 Å². The predicted molar refractivity (Wildman–Crippen MR) is 99.4 cm³/mol. The molecule has 8 heteroatoms. The molecule has 6 nitrogen and oxygen atoms in total. The number of fused-ring (bicyclic) bond motifs is 1.